The summed E-state index contributed by atoms with van der Waals surface area (Å²) in [5.74, 6) is -0.566. The lowest BCUT2D eigenvalue weighted by atomic mass is 10.2. The van der Waals surface area contributed by atoms with Crippen LogP contribution in [0.4, 0.5) is 4.79 Å². The van der Waals surface area contributed by atoms with Crippen LogP contribution in [0.3, 0.4) is 0 Å². The highest BCUT2D eigenvalue weighted by Gasteiger charge is 2.14. The van der Waals surface area contributed by atoms with Crippen molar-refractivity contribution < 1.29 is 9.59 Å². The first-order chi connectivity index (χ1) is 9.08. The van der Waals surface area contributed by atoms with E-state index >= 15 is 0 Å². The van der Waals surface area contributed by atoms with Crippen LogP contribution in [0.1, 0.15) is 0 Å². The second-order valence-corrected chi connectivity index (χ2v) is 4.01. The summed E-state index contributed by atoms with van der Waals surface area (Å²) in [4.78, 5) is 32.0. The van der Waals surface area contributed by atoms with E-state index in [4.69, 9.17) is 5.73 Å². The van der Waals surface area contributed by atoms with Crippen LogP contribution in [0.15, 0.2) is 37.1 Å². The van der Waals surface area contributed by atoms with E-state index in [0.29, 0.717) is 5.69 Å². The van der Waals surface area contributed by atoms with Gasteiger partial charge in [0, 0.05) is 31.2 Å². The van der Waals surface area contributed by atoms with Gasteiger partial charge in [0.2, 0.25) is 5.91 Å². The molecule has 2 aromatic rings. The molecule has 7 heteroatoms. The van der Waals surface area contributed by atoms with E-state index < -0.39 is 5.91 Å². The largest absolute Gasteiger partial charge is 0.368 e. The predicted octanol–water partition coefficient (Wildman–Crippen LogP) is 0.330. The summed E-state index contributed by atoms with van der Waals surface area (Å²) in [6.07, 6.45) is 6.29. The van der Waals surface area contributed by atoms with E-state index in [1.807, 2.05) is 6.07 Å². The first-order valence-corrected chi connectivity index (χ1v) is 5.56. The van der Waals surface area contributed by atoms with Gasteiger partial charge >= 0.3 is 6.03 Å². The summed E-state index contributed by atoms with van der Waals surface area (Å²) in [5, 5.41) is 0. The van der Waals surface area contributed by atoms with Crippen LogP contribution in [0.2, 0.25) is 0 Å². The molecule has 2 aromatic heterocycles. The molecule has 0 aliphatic rings. The second kappa shape index (κ2) is 5.30. The lowest BCUT2D eigenvalue weighted by Gasteiger charge is -2.14. The first kappa shape index (κ1) is 12.7. The molecule has 0 saturated heterocycles. The molecular formula is C12H13N5O2. The fourth-order valence-electron chi connectivity index (χ4n) is 1.59. The Morgan fingerprint density at radius 2 is 2.26 bits per heavy atom. The Labute approximate surface area is 109 Å². The molecule has 0 aromatic carbocycles. The van der Waals surface area contributed by atoms with E-state index in [-0.39, 0.29) is 12.6 Å². The van der Waals surface area contributed by atoms with Gasteiger partial charge in [0.05, 0.1) is 5.69 Å². The summed E-state index contributed by atoms with van der Waals surface area (Å²) in [5.41, 5.74) is 6.48. The number of likely N-dealkylation sites (N-methyl/N-ethyl adjacent to an activating group) is 1. The van der Waals surface area contributed by atoms with Gasteiger partial charge in [0.1, 0.15) is 12.9 Å². The van der Waals surface area contributed by atoms with Crippen molar-refractivity contribution in [2.24, 2.45) is 5.73 Å². The van der Waals surface area contributed by atoms with Crippen molar-refractivity contribution in [1.29, 1.82) is 0 Å². The fraction of sp³-hybridized carbons (Fsp3) is 0.167. The number of rotatable bonds is 3. The van der Waals surface area contributed by atoms with E-state index in [2.05, 4.69) is 9.97 Å². The molecule has 2 N–H and O–H groups in total. The molecule has 0 atom stereocenters. The number of primary amides is 1. The highest BCUT2D eigenvalue weighted by Crippen LogP contribution is 2.14. The molecule has 0 bridgehead atoms. The van der Waals surface area contributed by atoms with Crippen molar-refractivity contribution in [3.05, 3.63) is 37.1 Å². The molecule has 0 aliphatic carbocycles. The fourth-order valence-corrected chi connectivity index (χ4v) is 1.59. The van der Waals surface area contributed by atoms with Gasteiger partial charge in [-0.2, -0.15) is 0 Å². The second-order valence-electron chi connectivity index (χ2n) is 4.01. The van der Waals surface area contributed by atoms with Gasteiger partial charge in [-0.15, -0.1) is 0 Å². The Bertz CT molecular complexity index is 593. The van der Waals surface area contributed by atoms with E-state index in [9.17, 15) is 9.59 Å². The minimum absolute atomic E-state index is 0.140. The minimum atomic E-state index is -0.566. The number of aromatic nitrogens is 3. The lowest BCUT2D eigenvalue weighted by molar-refractivity contribution is -0.118. The molecule has 0 aliphatic heterocycles. The van der Waals surface area contributed by atoms with Crippen molar-refractivity contribution in [2.45, 2.75) is 0 Å². The molecule has 0 saturated carbocycles. The van der Waals surface area contributed by atoms with Gasteiger partial charge in [-0.1, -0.05) is 0 Å². The number of amides is 2. The third-order valence-corrected chi connectivity index (χ3v) is 2.48. The van der Waals surface area contributed by atoms with Crippen LogP contribution in [0.25, 0.3) is 11.3 Å². The number of hydrogen-bond acceptors (Lipinski definition) is 4. The maximum atomic E-state index is 12.0. The molecule has 19 heavy (non-hydrogen) atoms. The Kier molecular flexibility index (Phi) is 3.56. The average molecular weight is 259 g/mol. The van der Waals surface area contributed by atoms with Crippen LogP contribution in [0, 0.1) is 0 Å². The quantitative estimate of drug-likeness (QED) is 0.859. The molecule has 0 radical (unpaired) electrons. The van der Waals surface area contributed by atoms with E-state index in [0.717, 1.165) is 5.56 Å². The normalized spacial score (nSPS) is 10.2. The van der Waals surface area contributed by atoms with Crippen molar-refractivity contribution in [2.75, 3.05) is 13.6 Å². The number of carbonyl (C=O) groups excluding carboxylic acids is 2. The van der Waals surface area contributed by atoms with Crippen LogP contribution < -0.4 is 5.73 Å². The zero-order chi connectivity index (χ0) is 13.8. The zero-order valence-corrected chi connectivity index (χ0v) is 10.4. The van der Waals surface area contributed by atoms with Crippen molar-refractivity contribution >= 4 is 11.9 Å². The summed E-state index contributed by atoms with van der Waals surface area (Å²) >= 11 is 0. The molecule has 0 fully saturated rings. The topological polar surface area (TPSA) is 94.1 Å². The highest BCUT2D eigenvalue weighted by atomic mass is 16.2. The summed E-state index contributed by atoms with van der Waals surface area (Å²) in [7, 11) is 1.50. The van der Waals surface area contributed by atoms with Gasteiger partial charge in [-0.25, -0.2) is 9.78 Å². The monoisotopic (exact) mass is 259 g/mol. The Morgan fingerprint density at radius 3 is 2.89 bits per heavy atom. The third kappa shape index (κ3) is 2.95. The zero-order valence-electron chi connectivity index (χ0n) is 10.4. The van der Waals surface area contributed by atoms with E-state index in [1.165, 1.54) is 22.8 Å². The van der Waals surface area contributed by atoms with Gasteiger partial charge < -0.3 is 10.6 Å². The predicted molar refractivity (Wildman–Crippen MR) is 68.1 cm³/mol. The van der Waals surface area contributed by atoms with Gasteiger partial charge in [0.25, 0.3) is 0 Å². The van der Waals surface area contributed by atoms with Gasteiger partial charge in [-0.3, -0.25) is 14.3 Å². The minimum Gasteiger partial charge on any atom is -0.368 e. The molecule has 0 spiro atoms. The Hall–Kier alpha value is -2.70. The first-order valence-electron chi connectivity index (χ1n) is 5.56. The number of nitrogens with zero attached hydrogens (tertiary/aromatic N) is 4. The van der Waals surface area contributed by atoms with Crippen molar-refractivity contribution in [3.8, 4) is 11.3 Å². The Morgan fingerprint density at radius 1 is 1.47 bits per heavy atom. The number of hydrogen-bond donors (Lipinski definition) is 1. The van der Waals surface area contributed by atoms with Crippen molar-refractivity contribution in [1.82, 2.24) is 19.4 Å². The van der Waals surface area contributed by atoms with Gasteiger partial charge in [0.15, 0.2) is 0 Å². The van der Waals surface area contributed by atoms with Crippen molar-refractivity contribution in [3.63, 3.8) is 0 Å². The van der Waals surface area contributed by atoms with Crippen LogP contribution in [-0.4, -0.2) is 45.0 Å². The smallest absolute Gasteiger partial charge is 0.329 e. The number of nitrogens with two attached hydrogens (primary N) is 1. The SMILES string of the molecule is CN(CC(N)=O)C(=O)n1cnc(-c2cccnc2)c1. The molecule has 7 nitrogen and oxygen atoms in total. The standard InChI is InChI=1S/C12H13N5O2/c1-16(7-11(13)18)12(19)17-6-10(15-8-17)9-3-2-4-14-5-9/h2-6,8H,7H2,1H3,(H2,13,18). The number of carbonyl (C=O) groups is 2. The van der Waals surface area contributed by atoms with Crippen LogP contribution in [-0.2, 0) is 4.79 Å². The molecule has 2 rings (SSSR count). The molecule has 2 amide bonds. The molecule has 98 valence electrons. The third-order valence-electron chi connectivity index (χ3n) is 2.48. The van der Waals surface area contributed by atoms with Crippen LogP contribution in [0.5, 0.6) is 0 Å². The molecular weight excluding hydrogens is 246 g/mol. The highest BCUT2D eigenvalue weighted by molar-refractivity contribution is 5.84. The summed E-state index contributed by atoms with van der Waals surface area (Å²) in [6, 6.07) is 3.26. The maximum Gasteiger partial charge on any atom is 0.329 e. The summed E-state index contributed by atoms with van der Waals surface area (Å²) < 4.78 is 1.30. The summed E-state index contributed by atoms with van der Waals surface area (Å²) in [6.45, 7) is -0.140. The average Bonchev–Trinajstić information content (AvgIpc) is 2.87. The number of imidazole rings is 1. The van der Waals surface area contributed by atoms with Gasteiger partial charge in [-0.05, 0) is 12.1 Å². The van der Waals surface area contributed by atoms with E-state index in [1.54, 1.807) is 24.7 Å². The molecule has 0 unspecified atom stereocenters. The number of pyridine rings is 1. The molecule has 2 heterocycles. The lowest BCUT2D eigenvalue weighted by Crippen LogP contribution is -2.37. The van der Waals surface area contributed by atoms with Crippen LogP contribution >= 0.6 is 0 Å². The maximum absolute atomic E-state index is 12.0. The Balaban J connectivity index is 2.17.